The van der Waals surface area contributed by atoms with E-state index in [4.69, 9.17) is 14.6 Å². The standard InChI is InChI=1S/C27H32N2O9/c1-28-10-3-8-26-21-14-5-6-16(30)22(21)38-23(26)18(7-9-27(26,36)19(28)12-14)37-25(35)15-4-2-11-29(15)20(32)13-17(31)24(33)34/h5-7,15,17,19,23,30-31,36H,2-4,8-13H2,1H3,(H,33,34)/t15-,17-,19+,23-,26-,27+/m0/s1. The number of aromatic hydroxyl groups is 1. The molecule has 11 nitrogen and oxygen atoms in total. The highest BCUT2D eigenvalue weighted by Crippen LogP contribution is 2.64. The van der Waals surface area contributed by atoms with E-state index in [9.17, 15) is 29.7 Å². The van der Waals surface area contributed by atoms with Crippen LogP contribution in [-0.2, 0) is 31.0 Å². The molecule has 38 heavy (non-hydrogen) atoms. The van der Waals surface area contributed by atoms with Crippen LogP contribution in [0.15, 0.2) is 24.0 Å². The zero-order valence-electron chi connectivity index (χ0n) is 21.1. The average Bonchev–Trinajstić information content (AvgIpc) is 3.49. The van der Waals surface area contributed by atoms with Gasteiger partial charge in [0, 0.05) is 24.6 Å². The van der Waals surface area contributed by atoms with Gasteiger partial charge in [-0.15, -0.1) is 0 Å². The first-order chi connectivity index (χ1) is 18.1. The van der Waals surface area contributed by atoms with Crippen molar-refractivity contribution >= 4 is 17.8 Å². The summed E-state index contributed by atoms with van der Waals surface area (Å²) >= 11 is 0. The lowest BCUT2D eigenvalue weighted by atomic mass is 9.52. The summed E-state index contributed by atoms with van der Waals surface area (Å²) in [6.07, 6.45) is 1.46. The van der Waals surface area contributed by atoms with Crippen LogP contribution in [0.4, 0.5) is 0 Å². The number of carbonyl (C=O) groups is 3. The van der Waals surface area contributed by atoms with Crippen molar-refractivity contribution in [2.24, 2.45) is 0 Å². The topological polar surface area (TPSA) is 157 Å². The molecule has 3 heterocycles. The number of nitrogens with zero attached hydrogens (tertiary/aromatic N) is 2. The van der Waals surface area contributed by atoms with Gasteiger partial charge in [0.1, 0.15) is 11.8 Å². The smallest absolute Gasteiger partial charge is 0.334 e. The van der Waals surface area contributed by atoms with Gasteiger partial charge in [-0.1, -0.05) is 6.07 Å². The number of aliphatic hydroxyl groups excluding tert-OH is 1. The zero-order chi connectivity index (χ0) is 27.0. The first kappa shape index (κ1) is 25.1. The van der Waals surface area contributed by atoms with Crippen LogP contribution >= 0.6 is 0 Å². The summed E-state index contributed by atoms with van der Waals surface area (Å²) in [6.45, 7) is 1.04. The second-order valence-corrected chi connectivity index (χ2v) is 11.2. The molecule has 0 unspecified atom stereocenters. The molecule has 204 valence electrons. The van der Waals surface area contributed by atoms with Crippen molar-refractivity contribution in [2.75, 3.05) is 20.1 Å². The monoisotopic (exact) mass is 528 g/mol. The number of amides is 1. The number of likely N-dealkylation sites (tertiary alicyclic amines) is 2. The van der Waals surface area contributed by atoms with E-state index in [1.165, 1.54) is 4.90 Å². The molecule has 11 heteroatoms. The molecule has 1 spiro atoms. The number of hydrogen-bond acceptors (Lipinski definition) is 9. The maximum absolute atomic E-state index is 13.4. The van der Waals surface area contributed by atoms with E-state index in [2.05, 4.69) is 4.90 Å². The summed E-state index contributed by atoms with van der Waals surface area (Å²) in [5.41, 5.74) is -0.322. The van der Waals surface area contributed by atoms with Gasteiger partial charge < -0.3 is 39.7 Å². The predicted molar refractivity (Wildman–Crippen MR) is 130 cm³/mol. The minimum Gasteiger partial charge on any atom is -0.504 e. The van der Waals surface area contributed by atoms with Gasteiger partial charge in [0.15, 0.2) is 23.7 Å². The van der Waals surface area contributed by atoms with Crippen LogP contribution in [0, 0.1) is 0 Å². The van der Waals surface area contributed by atoms with E-state index in [0.29, 0.717) is 31.4 Å². The Morgan fingerprint density at radius 1 is 1.24 bits per heavy atom. The molecule has 1 aromatic rings. The molecule has 2 aliphatic carbocycles. The number of phenolic OH excluding ortho intramolecular Hbond substituents is 1. The Bertz CT molecular complexity index is 1250. The molecular weight excluding hydrogens is 496 g/mol. The number of carboxylic acids is 1. The summed E-state index contributed by atoms with van der Waals surface area (Å²) in [5.74, 6) is -2.27. The summed E-state index contributed by atoms with van der Waals surface area (Å²) in [6, 6.07) is 2.37. The van der Waals surface area contributed by atoms with Crippen molar-refractivity contribution in [1.29, 1.82) is 0 Å². The Balaban J connectivity index is 1.32. The normalized spacial score (nSPS) is 34.0. The number of phenols is 1. The molecule has 4 N–H and O–H groups in total. The molecule has 0 radical (unpaired) electrons. The van der Waals surface area contributed by atoms with Crippen molar-refractivity contribution in [1.82, 2.24) is 9.80 Å². The van der Waals surface area contributed by atoms with Crippen LogP contribution in [0.3, 0.4) is 0 Å². The molecule has 6 rings (SSSR count). The van der Waals surface area contributed by atoms with Gasteiger partial charge in [0.05, 0.1) is 17.4 Å². The van der Waals surface area contributed by atoms with Crippen molar-refractivity contribution in [3.63, 3.8) is 0 Å². The summed E-state index contributed by atoms with van der Waals surface area (Å²) in [7, 11) is 2.00. The van der Waals surface area contributed by atoms with Gasteiger partial charge >= 0.3 is 11.9 Å². The third-order valence-electron chi connectivity index (χ3n) is 9.29. The first-order valence-electron chi connectivity index (χ1n) is 13.1. The van der Waals surface area contributed by atoms with E-state index < -0.39 is 53.5 Å². The third kappa shape index (κ3) is 3.34. The molecular formula is C27H32N2O9. The molecule has 2 fully saturated rings. The Morgan fingerprint density at radius 2 is 2.03 bits per heavy atom. The van der Waals surface area contributed by atoms with Gasteiger partial charge in [0.25, 0.3) is 0 Å². The quantitative estimate of drug-likeness (QED) is 0.395. The Morgan fingerprint density at radius 3 is 2.79 bits per heavy atom. The van der Waals surface area contributed by atoms with Crippen LogP contribution in [0.25, 0.3) is 0 Å². The molecule has 0 aromatic heterocycles. The van der Waals surface area contributed by atoms with Crippen LogP contribution in [0.1, 0.15) is 49.7 Å². The summed E-state index contributed by atoms with van der Waals surface area (Å²) < 4.78 is 12.3. The largest absolute Gasteiger partial charge is 0.504 e. The fraction of sp³-hybridized carbons (Fsp3) is 0.593. The predicted octanol–water partition coefficient (Wildman–Crippen LogP) is 0.430. The number of carbonyl (C=O) groups excluding carboxylic acids is 2. The first-order valence-corrected chi connectivity index (χ1v) is 13.1. The van der Waals surface area contributed by atoms with E-state index in [1.807, 2.05) is 13.1 Å². The molecule has 1 amide bonds. The van der Waals surface area contributed by atoms with Gasteiger partial charge in [0.2, 0.25) is 5.91 Å². The summed E-state index contributed by atoms with van der Waals surface area (Å²) in [4.78, 5) is 40.5. The average molecular weight is 529 g/mol. The Labute approximate surface area is 219 Å². The van der Waals surface area contributed by atoms with Gasteiger partial charge in [-0.2, -0.15) is 0 Å². The van der Waals surface area contributed by atoms with E-state index >= 15 is 0 Å². The molecule has 5 aliphatic rings. The Kier molecular flexibility index (Phi) is 5.75. The van der Waals surface area contributed by atoms with Crippen molar-refractivity contribution in [3.8, 4) is 11.5 Å². The molecule has 2 bridgehead atoms. The lowest BCUT2D eigenvalue weighted by Gasteiger charge is -2.56. The van der Waals surface area contributed by atoms with Crippen LogP contribution in [0.5, 0.6) is 11.5 Å². The number of aliphatic hydroxyl groups is 2. The SMILES string of the molecule is CN1CCC[C@]23c4c5ccc(O)c4O[C@H]2C(OC(=O)[C@@H]2CCCN2C(=O)C[C@H](O)C(=O)O)=CC[C@@]3(O)[C@H]1C5. The minimum absolute atomic E-state index is 0.0267. The highest BCUT2D eigenvalue weighted by atomic mass is 16.6. The lowest BCUT2D eigenvalue weighted by Crippen LogP contribution is -2.69. The molecule has 2 saturated heterocycles. The van der Waals surface area contributed by atoms with E-state index in [0.717, 1.165) is 24.1 Å². The maximum atomic E-state index is 13.4. The van der Waals surface area contributed by atoms with E-state index in [1.54, 1.807) is 12.1 Å². The second kappa shape index (κ2) is 8.69. The van der Waals surface area contributed by atoms with Gasteiger partial charge in [-0.3, -0.25) is 4.79 Å². The number of benzene rings is 1. The van der Waals surface area contributed by atoms with Crippen molar-refractivity contribution in [2.45, 2.75) is 80.3 Å². The van der Waals surface area contributed by atoms with Crippen LogP contribution in [-0.4, -0.2) is 98.1 Å². The van der Waals surface area contributed by atoms with Crippen molar-refractivity contribution < 1.29 is 44.3 Å². The van der Waals surface area contributed by atoms with Crippen molar-refractivity contribution in [3.05, 3.63) is 35.1 Å². The fourth-order valence-electron chi connectivity index (χ4n) is 7.56. The molecule has 1 aromatic carbocycles. The van der Waals surface area contributed by atoms with E-state index in [-0.39, 0.29) is 30.5 Å². The minimum atomic E-state index is -1.85. The fourth-order valence-corrected chi connectivity index (χ4v) is 7.56. The highest BCUT2D eigenvalue weighted by Gasteiger charge is 2.71. The molecule has 6 atom stereocenters. The molecule has 0 saturated carbocycles. The molecule has 3 aliphatic heterocycles. The zero-order valence-corrected chi connectivity index (χ0v) is 21.1. The lowest BCUT2D eigenvalue weighted by molar-refractivity contribution is -0.158. The van der Waals surface area contributed by atoms with Gasteiger partial charge in [-0.25, -0.2) is 9.59 Å². The third-order valence-corrected chi connectivity index (χ3v) is 9.29. The Hall–Kier alpha value is -3.15. The second-order valence-electron chi connectivity index (χ2n) is 11.2. The number of rotatable bonds is 5. The number of carboxylic acid groups (broad SMARTS) is 1. The summed E-state index contributed by atoms with van der Waals surface area (Å²) in [5, 5.41) is 41.6. The van der Waals surface area contributed by atoms with Crippen LogP contribution in [0.2, 0.25) is 0 Å². The number of ether oxygens (including phenoxy) is 2. The maximum Gasteiger partial charge on any atom is 0.334 e. The number of aliphatic carboxylic acids is 1. The number of likely N-dealkylation sites (N-methyl/N-ethyl adjacent to an activating group) is 1. The van der Waals surface area contributed by atoms with Gasteiger partial charge in [-0.05, 0) is 63.4 Å². The highest BCUT2D eigenvalue weighted by molar-refractivity contribution is 5.88. The number of esters is 1. The van der Waals surface area contributed by atoms with Crippen LogP contribution < -0.4 is 4.74 Å². The number of hydrogen-bond donors (Lipinski definition) is 4.